The molecule has 0 saturated carbocycles. The number of para-hydroxylation sites is 1. The SMILES string of the molecule is CC1(C)c2cc(-c3ccccc3)ccc2-c2ccc(-c3cc(-c4ccc(-c5nc6ccccc6s5)cc4)cc(-c4ccc(C5Cc6ccccc6S5)cc4)c3)cc21. The van der Waals surface area contributed by atoms with Crippen molar-refractivity contribution in [1.82, 2.24) is 4.98 Å². The Balaban J connectivity index is 0.978. The zero-order valence-corrected chi connectivity index (χ0v) is 33.5. The molecule has 1 unspecified atom stereocenters. The summed E-state index contributed by atoms with van der Waals surface area (Å²) in [6.07, 6.45) is 1.08. The van der Waals surface area contributed by atoms with Crippen molar-refractivity contribution in [3.8, 4) is 66.2 Å². The molecule has 9 aromatic rings. The Morgan fingerprint density at radius 3 is 1.67 bits per heavy atom. The molecule has 11 rings (SSSR count). The van der Waals surface area contributed by atoms with E-state index in [4.69, 9.17) is 4.98 Å². The lowest BCUT2D eigenvalue weighted by Crippen LogP contribution is -2.15. The number of hydrogen-bond donors (Lipinski definition) is 0. The summed E-state index contributed by atoms with van der Waals surface area (Å²) in [4.78, 5) is 6.34. The van der Waals surface area contributed by atoms with Gasteiger partial charge in [0.2, 0.25) is 0 Å². The minimum Gasteiger partial charge on any atom is -0.236 e. The molecule has 2 heterocycles. The molecule has 0 spiro atoms. The van der Waals surface area contributed by atoms with Crippen LogP contribution in [0.15, 0.2) is 187 Å². The number of nitrogens with zero attached hydrogens (tertiary/aromatic N) is 1. The highest BCUT2D eigenvalue weighted by atomic mass is 32.2. The van der Waals surface area contributed by atoms with E-state index in [0.717, 1.165) is 22.5 Å². The molecule has 8 aromatic carbocycles. The third kappa shape index (κ3) is 6.05. The van der Waals surface area contributed by atoms with Gasteiger partial charge in [0.25, 0.3) is 0 Å². The quantitative estimate of drug-likeness (QED) is 0.167. The Kier molecular flexibility index (Phi) is 8.17. The fourth-order valence-electron chi connectivity index (χ4n) is 8.91. The molecular formula is C54H39NS2. The molecule has 1 aliphatic heterocycles. The van der Waals surface area contributed by atoms with E-state index < -0.39 is 0 Å². The van der Waals surface area contributed by atoms with Crippen LogP contribution in [-0.2, 0) is 11.8 Å². The highest BCUT2D eigenvalue weighted by Crippen LogP contribution is 2.51. The highest BCUT2D eigenvalue weighted by molar-refractivity contribution is 7.99. The van der Waals surface area contributed by atoms with Crippen LogP contribution in [0.4, 0.5) is 0 Å². The highest BCUT2D eigenvalue weighted by Gasteiger charge is 2.36. The molecule has 1 aromatic heterocycles. The lowest BCUT2D eigenvalue weighted by atomic mass is 9.80. The molecule has 57 heavy (non-hydrogen) atoms. The molecule has 0 radical (unpaired) electrons. The topological polar surface area (TPSA) is 12.9 Å². The van der Waals surface area contributed by atoms with Crippen LogP contribution < -0.4 is 0 Å². The van der Waals surface area contributed by atoms with Crippen LogP contribution >= 0.6 is 23.1 Å². The fourth-order valence-corrected chi connectivity index (χ4v) is 11.2. The standard InChI is InChI=1S/C54H39NS2/c1-54(2)47-31-39(34-10-4-3-5-11-34)24-26-45(47)46-27-25-40(32-48(46)54)44-29-42(35-16-20-37(21-17-35)52-33-41-12-6-8-14-50(41)56-52)28-43(30-44)36-18-22-38(23-19-36)53-55-49-13-7-9-15-51(49)57-53/h3-32,52H,33H2,1-2H3. The monoisotopic (exact) mass is 765 g/mol. The van der Waals surface area contributed by atoms with Crippen molar-refractivity contribution in [2.45, 2.75) is 35.8 Å². The number of benzene rings is 8. The first kappa shape index (κ1) is 34.3. The smallest absolute Gasteiger partial charge is 0.124 e. The van der Waals surface area contributed by atoms with E-state index >= 15 is 0 Å². The summed E-state index contributed by atoms with van der Waals surface area (Å²) >= 11 is 3.74. The zero-order valence-electron chi connectivity index (χ0n) is 31.9. The molecule has 1 atom stereocenters. The maximum Gasteiger partial charge on any atom is 0.124 e. The van der Waals surface area contributed by atoms with E-state index in [0.29, 0.717) is 5.25 Å². The van der Waals surface area contributed by atoms with Crippen LogP contribution in [0.5, 0.6) is 0 Å². The molecule has 272 valence electrons. The van der Waals surface area contributed by atoms with Gasteiger partial charge in [0.05, 0.1) is 10.2 Å². The average Bonchev–Trinajstić information content (AvgIpc) is 3.97. The van der Waals surface area contributed by atoms with Gasteiger partial charge < -0.3 is 0 Å². The molecular weight excluding hydrogens is 727 g/mol. The van der Waals surface area contributed by atoms with E-state index in [-0.39, 0.29) is 5.41 Å². The number of thiazole rings is 1. The molecule has 0 bridgehead atoms. The van der Waals surface area contributed by atoms with Gasteiger partial charge in [-0.25, -0.2) is 4.98 Å². The summed E-state index contributed by atoms with van der Waals surface area (Å²) in [6, 6.07) is 67.5. The van der Waals surface area contributed by atoms with Crippen molar-refractivity contribution in [3.63, 3.8) is 0 Å². The Morgan fingerprint density at radius 2 is 1.00 bits per heavy atom. The van der Waals surface area contributed by atoms with Crippen molar-refractivity contribution in [2.24, 2.45) is 0 Å². The van der Waals surface area contributed by atoms with Gasteiger partial charge in [-0.3, -0.25) is 0 Å². The first-order chi connectivity index (χ1) is 27.9. The maximum atomic E-state index is 4.93. The number of hydrogen-bond acceptors (Lipinski definition) is 3. The number of rotatable bonds is 6. The second-order valence-corrected chi connectivity index (χ2v) is 18.2. The van der Waals surface area contributed by atoms with E-state index in [1.165, 1.54) is 87.5 Å². The summed E-state index contributed by atoms with van der Waals surface area (Å²) in [5.74, 6) is 0. The van der Waals surface area contributed by atoms with E-state index in [1.807, 2.05) is 11.8 Å². The van der Waals surface area contributed by atoms with Crippen LogP contribution in [0.3, 0.4) is 0 Å². The second kappa shape index (κ2) is 13.6. The maximum absolute atomic E-state index is 4.93. The van der Waals surface area contributed by atoms with Crippen LogP contribution in [0.1, 0.15) is 41.4 Å². The molecule has 1 aliphatic carbocycles. The Morgan fingerprint density at radius 1 is 0.474 bits per heavy atom. The van der Waals surface area contributed by atoms with E-state index in [2.05, 4.69) is 196 Å². The second-order valence-electron chi connectivity index (χ2n) is 15.9. The van der Waals surface area contributed by atoms with Crippen molar-refractivity contribution >= 4 is 33.3 Å². The Hall–Kier alpha value is -6.00. The Bertz CT molecular complexity index is 2920. The van der Waals surface area contributed by atoms with Crippen molar-refractivity contribution in [3.05, 3.63) is 204 Å². The third-order valence-electron chi connectivity index (χ3n) is 12.1. The minimum atomic E-state index is -0.129. The van der Waals surface area contributed by atoms with Gasteiger partial charge >= 0.3 is 0 Å². The van der Waals surface area contributed by atoms with Gasteiger partial charge in [-0.2, -0.15) is 0 Å². The number of fused-ring (bicyclic) bond motifs is 5. The van der Waals surface area contributed by atoms with Crippen molar-refractivity contribution in [1.29, 1.82) is 0 Å². The van der Waals surface area contributed by atoms with Crippen LogP contribution in [0, 0.1) is 0 Å². The van der Waals surface area contributed by atoms with Gasteiger partial charge in [-0.15, -0.1) is 23.1 Å². The van der Waals surface area contributed by atoms with Gasteiger partial charge in [0.15, 0.2) is 0 Å². The molecule has 0 N–H and O–H groups in total. The largest absolute Gasteiger partial charge is 0.236 e. The summed E-state index contributed by atoms with van der Waals surface area (Å²) in [5.41, 5.74) is 20.2. The van der Waals surface area contributed by atoms with Gasteiger partial charge in [-0.05, 0) is 133 Å². The zero-order chi connectivity index (χ0) is 38.1. The van der Waals surface area contributed by atoms with Crippen molar-refractivity contribution < 1.29 is 0 Å². The molecule has 2 aliphatic rings. The normalized spacial score (nSPS) is 15.0. The lowest BCUT2D eigenvalue weighted by molar-refractivity contribution is 0.661. The fraction of sp³-hybridized carbons (Fsp3) is 0.0926. The third-order valence-corrected chi connectivity index (χ3v) is 14.5. The molecule has 3 heteroatoms. The van der Waals surface area contributed by atoms with Gasteiger partial charge in [0, 0.05) is 21.1 Å². The molecule has 1 nitrogen and oxygen atoms in total. The molecule has 0 saturated heterocycles. The molecule has 0 amide bonds. The van der Waals surface area contributed by atoms with Gasteiger partial charge in [0.1, 0.15) is 5.01 Å². The van der Waals surface area contributed by atoms with Gasteiger partial charge in [-0.1, -0.05) is 147 Å². The van der Waals surface area contributed by atoms with Crippen LogP contribution in [0.2, 0.25) is 0 Å². The first-order valence-corrected chi connectivity index (χ1v) is 21.5. The molecule has 0 fully saturated rings. The van der Waals surface area contributed by atoms with Crippen LogP contribution in [0.25, 0.3) is 76.4 Å². The summed E-state index contributed by atoms with van der Waals surface area (Å²) in [5, 5.41) is 1.51. The number of thioether (sulfide) groups is 1. The summed E-state index contributed by atoms with van der Waals surface area (Å²) < 4.78 is 1.22. The van der Waals surface area contributed by atoms with Crippen LogP contribution in [-0.4, -0.2) is 4.98 Å². The van der Waals surface area contributed by atoms with Crippen molar-refractivity contribution in [2.75, 3.05) is 0 Å². The minimum absolute atomic E-state index is 0.129. The first-order valence-electron chi connectivity index (χ1n) is 19.8. The predicted molar refractivity (Wildman–Crippen MR) is 243 cm³/mol. The number of aromatic nitrogens is 1. The Labute approximate surface area is 342 Å². The van der Waals surface area contributed by atoms with E-state index in [1.54, 1.807) is 11.3 Å². The predicted octanol–water partition coefficient (Wildman–Crippen LogP) is 15.3. The summed E-state index contributed by atoms with van der Waals surface area (Å²) in [6.45, 7) is 4.77. The lowest BCUT2D eigenvalue weighted by Gasteiger charge is -2.23. The average molecular weight is 766 g/mol. The van der Waals surface area contributed by atoms with E-state index in [9.17, 15) is 0 Å². The summed E-state index contributed by atoms with van der Waals surface area (Å²) in [7, 11) is 0.